The molecule has 2 heterocycles. The van der Waals surface area contributed by atoms with Gasteiger partial charge >= 0.3 is 5.97 Å². The minimum atomic E-state index is -0.980. The third-order valence-electron chi connectivity index (χ3n) is 2.51. The number of carboxylic acid groups (broad SMARTS) is 1. The van der Waals surface area contributed by atoms with E-state index < -0.39 is 5.97 Å². The van der Waals surface area contributed by atoms with Gasteiger partial charge in [0.1, 0.15) is 0 Å². The second kappa shape index (κ2) is 5.70. The molecule has 0 saturated heterocycles. The van der Waals surface area contributed by atoms with Gasteiger partial charge in [-0.3, -0.25) is 4.98 Å². The van der Waals surface area contributed by atoms with Crippen molar-refractivity contribution in [3.05, 3.63) is 46.2 Å². The molecule has 0 radical (unpaired) electrons. The molecule has 5 nitrogen and oxygen atoms in total. The summed E-state index contributed by atoms with van der Waals surface area (Å²) in [5.74, 6) is -0.980. The van der Waals surface area contributed by atoms with Gasteiger partial charge in [0.25, 0.3) is 0 Å². The smallest absolute Gasteiger partial charge is 0.365 e. The predicted molar refractivity (Wildman–Crippen MR) is 68.6 cm³/mol. The zero-order valence-electron chi connectivity index (χ0n) is 9.83. The fourth-order valence-electron chi connectivity index (χ4n) is 1.49. The summed E-state index contributed by atoms with van der Waals surface area (Å²) in [6.07, 6.45) is 3.54. The number of rotatable bonds is 5. The van der Waals surface area contributed by atoms with Crippen LogP contribution in [0.4, 0.5) is 0 Å². The Morgan fingerprint density at radius 1 is 1.61 bits per heavy atom. The first-order valence-electron chi connectivity index (χ1n) is 5.48. The molecule has 0 aliphatic carbocycles. The van der Waals surface area contributed by atoms with E-state index in [1.54, 1.807) is 17.8 Å². The molecule has 0 saturated carbocycles. The fourth-order valence-corrected chi connectivity index (χ4v) is 2.15. The third-order valence-corrected chi connectivity index (χ3v) is 3.39. The Morgan fingerprint density at radius 2 is 2.44 bits per heavy atom. The van der Waals surface area contributed by atoms with E-state index in [1.807, 2.05) is 19.1 Å². The highest BCUT2D eigenvalue weighted by Gasteiger charge is 2.10. The first-order valence-corrected chi connectivity index (χ1v) is 6.36. The maximum absolute atomic E-state index is 10.7. The summed E-state index contributed by atoms with van der Waals surface area (Å²) in [7, 11) is 0. The molecule has 0 aliphatic rings. The SMILES string of the molecule is C[C@H](NCc1csc(C(=O)O)n1)c1cccnc1. The summed E-state index contributed by atoms with van der Waals surface area (Å²) >= 11 is 1.14. The van der Waals surface area contributed by atoms with Crippen LogP contribution in [0.5, 0.6) is 0 Å². The van der Waals surface area contributed by atoms with E-state index in [-0.39, 0.29) is 11.0 Å². The molecule has 2 N–H and O–H groups in total. The zero-order valence-corrected chi connectivity index (χ0v) is 10.6. The summed E-state index contributed by atoms with van der Waals surface area (Å²) in [5.41, 5.74) is 1.83. The number of thiazole rings is 1. The molecular weight excluding hydrogens is 250 g/mol. The Labute approximate surface area is 109 Å². The van der Waals surface area contributed by atoms with Crippen molar-refractivity contribution in [1.82, 2.24) is 15.3 Å². The Balaban J connectivity index is 1.93. The van der Waals surface area contributed by atoms with E-state index in [4.69, 9.17) is 5.11 Å². The molecule has 2 rings (SSSR count). The van der Waals surface area contributed by atoms with Crippen molar-refractivity contribution in [1.29, 1.82) is 0 Å². The number of hydrogen-bond donors (Lipinski definition) is 2. The molecule has 0 fully saturated rings. The molecule has 18 heavy (non-hydrogen) atoms. The highest BCUT2D eigenvalue weighted by atomic mass is 32.1. The quantitative estimate of drug-likeness (QED) is 0.864. The van der Waals surface area contributed by atoms with Crippen molar-refractivity contribution in [3.8, 4) is 0 Å². The molecule has 2 aromatic heterocycles. The molecule has 94 valence electrons. The van der Waals surface area contributed by atoms with Crippen LogP contribution in [0.2, 0.25) is 0 Å². The second-order valence-electron chi connectivity index (χ2n) is 3.84. The summed E-state index contributed by atoms with van der Waals surface area (Å²) in [5, 5.41) is 13.9. The van der Waals surface area contributed by atoms with Crippen LogP contribution in [0.15, 0.2) is 29.9 Å². The lowest BCUT2D eigenvalue weighted by Crippen LogP contribution is -2.18. The zero-order chi connectivity index (χ0) is 13.0. The second-order valence-corrected chi connectivity index (χ2v) is 4.70. The van der Waals surface area contributed by atoms with Gasteiger partial charge in [0, 0.05) is 30.4 Å². The first kappa shape index (κ1) is 12.7. The molecule has 0 aromatic carbocycles. The van der Waals surface area contributed by atoms with Crippen molar-refractivity contribution in [3.63, 3.8) is 0 Å². The number of carboxylic acids is 1. The largest absolute Gasteiger partial charge is 0.476 e. The number of nitrogens with zero attached hydrogens (tertiary/aromatic N) is 2. The highest BCUT2D eigenvalue weighted by molar-refractivity contribution is 7.11. The van der Waals surface area contributed by atoms with Gasteiger partial charge in [-0.2, -0.15) is 0 Å². The highest BCUT2D eigenvalue weighted by Crippen LogP contribution is 2.13. The van der Waals surface area contributed by atoms with Crippen LogP contribution in [0.25, 0.3) is 0 Å². The summed E-state index contributed by atoms with van der Waals surface area (Å²) in [4.78, 5) is 18.8. The molecule has 2 aromatic rings. The minimum absolute atomic E-state index is 0.126. The van der Waals surface area contributed by atoms with E-state index in [1.165, 1.54) is 0 Å². The van der Waals surface area contributed by atoms with Gasteiger partial charge in [-0.05, 0) is 18.6 Å². The topological polar surface area (TPSA) is 75.1 Å². The van der Waals surface area contributed by atoms with E-state index in [0.717, 1.165) is 22.6 Å². The van der Waals surface area contributed by atoms with Crippen molar-refractivity contribution in [2.24, 2.45) is 0 Å². The average Bonchev–Trinajstić information content (AvgIpc) is 2.86. The number of pyridine rings is 1. The lowest BCUT2D eigenvalue weighted by atomic mass is 10.1. The first-order chi connectivity index (χ1) is 8.66. The van der Waals surface area contributed by atoms with Gasteiger partial charge in [-0.15, -0.1) is 11.3 Å². The van der Waals surface area contributed by atoms with Gasteiger partial charge in [0.05, 0.1) is 5.69 Å². The molecule has 6 heteroatoms. The third kappa shape index (κ3) is 3.12. The maximum atomic E-state index is 10.7. The van der Waals surface area contributed by atoms with Crippen LogP contribution >= 0.6 is 11.3 Å². The summed E-state index contributed by atoms with van der Waals surface area (Å²) < 4.78 is 0. The lowest BCUT2D eigenvalue weighted by Gasteiger charge is -2.12. The van der Waals surface area contributed by atoms with E-state index in [9.17, 15) is 4.79 Å². The van der Waals surface area contributed by atoms with Crippen LogP contribution < -0.4 is 5.32 Å². The molecular formula is C12H13N3O2S. The Hall–Kier alpha value is -1.79. The lowest BCUT2D eigenvalue weighted by molar-refractivity contribution is 0.0696. The number of aromatic nitrogens is 2. The number of carbonyl (C=O) groups is 1. The molecule has 1 atom stereocenters. The van der Waals surface area contributed by atoms with Crippen LogP contribution in [-0.2, 0) is 6.54 Å². The predicted octanol–water partition coefficient (Wildman–Crippen LogP) is 2.09. The normalized spacial score (nSPS) is 12.3. The van der Waals surface area contributed by atoms with Gasteiger partial charge in [0.2, 0.25) is 5.01 Å². The maximum Gasteiger partial charge on any atom is 0.365 e. The van der Waals surface area contributed by atoms with Gasteiger partial charge in [-0.25, -0.2) is 9.78 Å². The standard InChI is InChI=1S/C12H13N3O2S/c1-8(9-3-2-4-13-5-9)14-6-10-7-18-11(15-10)12(16)17/h2-5,7-8,14H,6H2,1H3,(H,16,17)/t8-/m0/s1. The molecule has 0 bridgehead atoms. The van der Waals surface area contributed by atoms with Gasteiger partial charge in [-0.1, -0.05) is 6.07 Å². The number of nitrogens with one attached hydrogen (secondary N) is 1. The van der Waals surface area contributed by atoms with E-state index in [2.05, 4.69) is 15.3 Å². The Bertz CT molecular complexity index is 527. The monoisotopic (exact) mass is 263 g/mol. The van der Waals surface area contributed by atoms with Crippen LogP contribution in [0, 0.1) is 0 Å². The minimum Gasteiger partial charge on any atom is -0.476 e. The molecule has 0 amide bonds. The molecule has 0 spiro atoms. The van der Waals surface area contributed by atoms with E-state index in [0.29, 0.717) is 6.54 Å². The Morgan fingerprint density at radius 3 is 3.06 bits per heavy atom. The van der Waals surface area contributed by atoms with Crippen LogP contribution in [-0.4, -0.2) is 21.0 Å². The fraction of sp³-hybridized carbons (Fsp3) is 0.250. The van der Waals surface area contributed by atoms with Crippen molar-refractivity contribution >= 4 is 17.3 Å². The number of aromatic carboxylic acids is 1. The van der Waals surface area contributed by atoms with Crippen molar-refractivity contribution in [2.45, 2.75) is 19.5 Å². The summed E-state index contributed by atoms with van der Waals surface area (Å²) in [6, 6.07) is 4.03. The van der Waals surface area contributed by atoms with Gasteiger partial charge in [0.15, 0.2) is 0 Å². The molecule has 0 unspecified atom stereocenters. The van der Waals surface area contributed by atoms with Crippen LogP contribution in [0.1, 0.15) is 34.0 Å². The van der Waals surface area contributed by atoms with Crippen molar-refractivity contribution < 1.29 is 9.90 Å². The van der Waals surface area contributed by atoms with Gasteiger partial charge < -0.3 is 10.4 Å². The van der Waals surface area contributed by atoms with Crippen LogP contribution in [0.3, 0.4) is 0 Å². The average molecular weight is 263 g/mol. The van der Waals surface area contributed by atoms with Crippen molar-refractivity contribution in [2.75, 3.05) is 0 Å². The Kier molecular flexibility index (Phi) is 4.01. The number of hydrogen-bond acceptors (Lipinski definition) is 5. The van der Waals surface area contributed by atoms with E-state index >= 15 is 0 Å². The summed E-state index contributed by atoms with van der Waals surface area (Å²) in [6.45, 7) is 2.57. The molecule has 0 aliphatic heterocycles.